The number of thiocarbonyl (C=S) groups is 1. The summed E-state index contributed by atoms with van der Waals surface area (Å²) in [5.41, 5.74) is 8.70. The number of rotatable bonds is 7. The second-order valence-electron chi connectivity index (χ2n) is 9.36. The van der Waals surface area contributed by atoms with Gasteiger partial charge in [-0.3, -0.25) is 4.98 Å². The maximum atomic E-state index is 5.85. The van der Waals surface area contributed by atoms with Crippen molar-refractivity contribution in [1.29, 1.82) is 0 Å². The number of hydrogen-bond donors (Lipinski definition) is 1. The molecule has 0 radical (unpaired) electrons. The first-order valence-electron chi connectivity index (χ1n) is 11.7. The summed E-state index contributed by atoms with van der Waals surface area (Å²) >= 11 is 5.85. The van der Waals surface area contributed by atoms with Crippen LogP contribution in [0.3, 0.4) is 0 Å². The number of hydrogen-bond acceptors (Lipinski definition) is 3. The van der Waals surface area contributed by atoms with Gasteiger partial charge in [-0.25, -0.2) is 0 Å². The number of nitrogens with zero attached hydrogens (tertiary/aromatic N) is 4. The van der Waals surface area contributed by atoms with E-state index in [9.17, 15) is 0 Å². The van der Waals surface area contributed by atoms with Gasteiger partial charge in [0.15, 0.2) is 5.11 Å². The van der Waals surface area contributed by atoms with E-state index < -0.39 is 0 Å². The summed E-state index contributed by atoms with van der Waals surface area (Å²) in [6.07, 6.45) is 2.92. The molecule has 1 aliphatic heterocycles. The predicted molar refractivity (Wildman–Crippen MR) is 140 cm³/mol. The Morgan fingerprint density at radius 2 is 1.85 bits per heavy atom. The van der Waals surface area contributed by atoms with Crippen LogP contribution in [0.4, 0.5) is 0 Å². The molecule has 2 atom stereocenters. The van der Waals surface area contributed by atoms with E-state index in [1.807, 2.05) is 12.3 Å². The molecule has 33 heavy (non-hydrogen) atoms. The molecule has 6 heteroatoms. The molecule has 0 amide bonds. The number of benzene rings is 1. The summed E-state index contributed by atoms with van der Waals surface area (Å²) in [7, 11) is 4.24. The molecule has 3 heterocycles. The highest BCUT2D eigenvalue weighted by atomic mass is 32.1. The lowest BCUT2D eigenvalue weighted by Crippen LogP contribution is -2.32. The Kier molecular flexibility index (Phi) is 6.86. The van der Waals surface area contributed by atoms with Crippen LogP contribution in [0.15, 0.2) is 48.7 Å². The SMILES string of the molecule is Cc1cccc(-n2c(C)cc([C@H]3[C@@H](c4ccccn4)NC(=S)N3CCCN(C)C)c2C)c1C. The molecule has 1 aromatic carbocycles. The molecule has 174 valence electrons. The zero-order chi connectivity index (χ0) is 23.7. The van der Waals surface area contributed by atoms with Gasteiger partial charge in [-0.05, 0) is 108 Å². The monoisotopic (exact) mass is 461 g/mol. The van der Waals surface area contributed by atoms with Crippen molar-refractivity contribution in [2.24, 2.45) is 0 Å². The van der Waals surface area contributed by atoms with Crippen LogP contribution in [0.25, 0.3) is 5.69 Å². The molecule has 5 nitrogen and oxygen atoms in total. The zero-order valence-corrected chi connectivity index (χ0v) is 21.4. The molecule has 2 aromatic heterocycles. The predicted octanol–water partition coefficient (Wildman–Crippen LogP) is 5.03. The van der Waals surface area contributed by atoms with E-state index in [-0.39, 0.29) is 12.1 Å². The Morgan fingerprint density at radius 1 is 1.06 bits per heavy atom. The second kappa shape index (κ2) is 9.65. The molecule has 1 N–H and O–H groups in total. The van der Waals surface area contributed by atoms with Gasteiger partial charge in [0.05, 0.1) is 17.8 Å². The number of pyridine rings is 1. The Morgan fingerprint density at radius 3 is 2.55 bits per heavy atom. The van der Waals surface area contributed by atoms with Crippen molar-refractivity contribution in [1.82, 2.24) is 24.7 Å². The third kappa shape index (κ3) is 4.55. The van der Waals surface area contributed by atoms with Crippen LogP contribution in [0.2, 0.25) is 0 Å². The number of aryl methyl sites for hydroxylation is 2. The number of aromatic nitrogens is 2. The maximum absolute atomic E-state index is 5.85. The van der Waals surface area contributed by atoms with Crippen LogP contribution >= 0.6 is 12.2 Å². The van der Waals surface area contributed by atoms with E-state index in [2.05, 4.69) is 97.9 Å². The molecule has 4 rings (SSSR count). The minimum atomic E-state index is 0.0191. The maximum Gasteiger partial charge on any atom is 0.170 e. The quantitative estimate of drug-likeness (QED) is 0.500. The first-order chi connectivity index (χ1) is 15.8. The van der Waals surface area contributed by atoms with E-state index >= 15 is 0 Å². The Labute approximate surface area is 203 Å². The van der Waals surface area contributed by atoms with Gasteiger partial charge in [0, 0.05) is 29.8 Å². The van der Waals surface area contributed by atoms with Crippen LogP contribution < -0.4 is 5.32 Å². The first-order valence-corrected chi connectivity index (χ1v) is 12.1. The fourth-order valence-electron chi connectivity index (χ4n) is 4.98. The Balaban J connectivity index is 1.80. The van der Waals surface area contributed by atoms with Gasteiger partial charge in [-0.15, -0.1) is 0 Å². The third-order valence-electron chi connectivity index (χ3n) is 6.81. The largest absolute Gasteiger partial charge is 0.352 e. The van der Waals surface area contributed by atoms with Crippen molar-refractivity contribution in [3.8, 4) is 5.69 Å². The highest BCUT2D eigenvalue weighted by molar-refractivity contribution is 7.80. The molecule has 0 saturated carbocycles. The molecule has 1 aliphatic rings. The average Bonchev–Trinajstić information content (AvgIpc) is 3.26. The smallest absolute Gasteiger partial charge is 0.170 e. The van der Waals surface area contributed by atoms with Crippen LogP contribution in [0, 0.1) is 27.7 Å². The third-order valence-corrected chi connectivity index (χ3v) is 7.16. The molecule has 0 bridgehead atoms. The van der Waals surface area contributed by atoms with Gasteiger partial charge in [0.1, 0.15) is 0 Å². The minimum absolute atomic E-state index is 0.0191. The average molecular weight is 462 g/mol. The van der Waals surface area contributed by atoms with E-state index in [0.29, 0.717) is 0 Å². The fourth-order valence-corrected chi connectivity index (χ4v) is 5.31. The van der Waals surface area contributed by atoms with Crippen molar-refractivity contribution in [3.63, 3.8) is 0 Å². The molecule has 1 saturated heterocycles. The topological polar surface area (TPSA) is 36.3 Å². The van der Waals surface area contributed by atoms with Crippen molar-refractivity contribution in [3.05, 3.63) is 82.4 Å². The van der Waals surface area contributed by atoms with Gasteiger partial charge in [-0.2, -0.15) is 0 Å². The fraction of sp³-hybridized carbons (Fsp3) is 0.407. The summed E-state index contributed by atoms with van der Waals surface area (Å²) < 4.78 is 2.40. The minimum Gasteiger partial charge on any atom is -0.352 e. The molecule has 3 aromatic rings. The van der Waals surface area contributed by atoms with E-state index in [1.54, 1.807) is 0 Å². The van der Waals surface area contributed by atoms with E-state index in [0.717, 1.165) is 30.3 Å². The highest BCUT2D eigenvalue weighted by Crippen LogP contribution is 2.41. The highest BCUT2D eigenvalue weighted by Gasteiger charge is 2.41. The summed E-state index contributed by atoms with van der Waals surface area (Å²) in [6.45, 7) is 10.8. The Hall–Kier alpha value is -2.70. The van der Waals surface area contributed by atoms with Crippen molar-refractivity contribution in [2.75, 3.05) is 27.2 Å². The van der Waals surface area contributed by atoms with Gasteiger partial charge >= 0.3 is 0 Å². The lowest BCUT2D eigenvalue weighted by molar-refractivity contribution is 0.292. The van der Waals surface area contributed by atoms with E-state index in [1.165, 1.54) is 33.8 Å². The van der Waals surface area contributed by atoms with Crippen molar-refractivity contribution < 1.29 is 0 Å². The van der Waals surface area contributed by atoms with Gasteiger partial charge in [0.2, 0.25) is 0 Å². The molecule has 0 unspecified atom stereocenters. The summed E-state index contributed by atoms with van der Waals surface area (Å²) in [6, 6.07) is 15.1. The summed E-state index contributed by atoms with van der Waals surface area (Å²) in [5.74, 6) is 0. The van der Waals surface area contributed by atoms with Gasteiger partial charge in [-0.1, -0.05) is 18.2 Å². The van der Waals surface area contributed by atoms with Crippen LogP contribution in [0.5, 0.6) is 0 Å². The van der Waals surface area contributed by atoms with Crippen molar-refractivity contribution >= 4 is 17.3 Å². The molecular weight excluding hydrogens is 426 g/mol. The van der Waals surface area contributed by atoms with Gasteiger partial charge < -0.3 is 19.7 Å². The molecule has 1 fully saturated rings. The number of nitrogens with one attached hydrogen (secondary N) is 1. The van der Waals surface area contributed by atoms with Crippen LogP contribution in [-0.2, 0) is 0 Å². The summed E-state index contributed by atoms with van der Waals surface area (Å²) in [5, 5.41) is 4.41. The molecule has 0 spiro atoms. The Bertz CT molecular complexity index is 1130. The summed E-state index contributed by atoms with van der Waals surface area (Å²) in [4.78, 5) is 9.29. The van der Waals surface area contributed by atoms with E-state index in [4.69, 9.17) is 17.2 Å². The zero-order valence-electron chi connectivity index (χ0n) is 20.6. The molecule has 0 aliphatic carbocycles. The standard InChI is InChI=1S/C27H35N5S/c1-18-11-9-13-24(20(18)3)32-19(2)17-22(21(32)4)26-25(23-12-7-8-14-28-23)29-27(33)31(26)16-10-15-30(5)6/h7-9,11-14,17,25-26H,10,15-16H2,1-6H3,(H,29,33)/t25-,26+/m1/s1. The normalized spacial score (nSPS) is 18.3. The van der Waals surface area contributed by atoms with Gasteiger partial charge in [0.25, 0.3) is 0 Å². The molecular formula is C27H35N5S. The first kappa shape index (κ1) is 23.5. The lowest BCUT2D eigenvalue weighted by Gasteiger charge is -2.28. The lowest BCUT2D eigenvalue weighted by atomic mass is 9.96. The van der Waals surface area contributed by atoms with Crippen LogP contribution in [0.1, 0.15) is 52.3 Å². The second-order valence-corrected chi connectivity index (χ2v) is 9.74. The van der Waals surface area contributed by atoms with Crippen LogP contribution in [-0.4, -0.2) is 51.6 Å². The van der Waals surface area contributed by atoms with Crippen molar-refractivity contribution in [2.45, 2.75) is 46.2 Å².